The Labute approximate surface area is 108 Å². The van der Waals surface area contributed by atoms with Crippen molar-refractivity contribution in [3.63, 3.8) is 0 Å². The summed E-state index contributed by atoms with van der Waals surface area (Å²) in [6.07, 6.45) is -0.944. The van der Waals surface area contributed by atoms with Gasteiger partial charge in [-0.1, -0.05) is 0 Å². The van der Waals surface area contributed by atoms with E-state index < -0.39 is 36.0 Å². The average molecular weight is 276 g/mol. The molecule has 108 valence electrons. The summed E-state index contributed by atoms with van der Waals surface area (Å²) >= 11 is 0. The van der Waals surface area contributed by atoms with Crippen LogP contribution < -0.4 is 11.5 Å². The van der Waals surface area contributed by atoms with E-state index in [1.54, 1.807) is 0 Å². The van der Waals surface area contributed by atoms with Crippen molar-refractivity contribution in [1.82, 2.24) is 0 Å². The van der Waals surface area contributed by atoms with Crippen LogP contribution in [0.15, 0.2) is 0 Å². The number of aliphatic carboxylic acids is 2. The van der Waals surface area contributed by atoms with Crippen molar-refractivity contribution in [2.45, 2.75) is 37.8 Å². The van der Waals surface area contributed by atoms with Crippen molar-refractivity contribution in [1.29, 1.82) is 0 Å². The van der Waals surface area contributed by atoms with E-state index in [1.165, 1.54) is 0 Å². The van der Waals surface area contributed by atoms with Gasteiger partial charge in [0.2, 0.25) is 0 Å². The zero-order chi connectivity index (χ0) is 15.0. The predicted octanol–water partition coefficient (Wildman–Crippen LogP) is -1.56. The molecule has 0 heterocycles. The zero-order valence-corrected chi connectivity index (χ0v) is 10.1. The van der Waals surface area contributed by atoms with Crippen molar-refractivity contribution < 1.29 is 34.1 Å². The van der Waals surface area contributed by atoms with E-state index in [-0.39, 0.29) is 25.7 Å². The SMILES string of the molecule is N[C@@H](CCC(=O)OC(=O)CC[C@H](N)C(=O)O)C(=O)O. The van der Waals surface area contributed by atoms with E-state index in [9.17, 15) is 19.2 Å². The van der Waals surface area contributed by atoms with Crippen LogP contribution >= 0.6 is 0 Å². The number of ether oxygens (including phenoxy) is 1. The maximum atomic E-state index is 11.1. The van der Waals surface area contributed by atoms with Gasteiger partial charge in [0.05, 0.1) is 0 Å². The summed E-state index contributed by atoms with van der Waals surface area (Å²) in [5.41, 5.74) is 10.3. The average Bonchev–Trinajstić information content (AvgIpc) is 2.32. The lowest BCUT2D eigenvalue weighted by molar-refractivity contribution is -0.159. The lowest BCUT2D eigenvalue weighted by Gasteiger charge is -2.07. The predicted molar refractivity (Wildman–Crippen MR) is 60.8 cm³/mol. The maximum Gasteiger partial charge on any atom is 0.320 e. The van der Waals surface area contributed by atoms with Crippen LogP contribution in [0.3, 0.4) is 0 Å². The molecule has 0 saturated heterocycles. The van der Waals surface area contributed by atoms with Crippen LogP contribution in [-0.2, 0) is 23.9 Å². The summed E-state index contributed by atoms with van der Waals surface area (Å²) in [6, 6.07) is -2.41. The lowest BCUT2D eigenvalue weighted by Crippen LogP contribution is -2.31. The lowest BCUT2D eigenvalue weighted by atomic mass is 10.1. The second-order valence-electron chi connectivity index (χ2n) is 3.81. The molecule has 19 heavy (non-hydrogen) atoms. The van der Waals surface area contributed by atoms with Gasteiger partial charge in [-0.05, 0) is 12.8 Å². The van der Waals surface area contributed by atoms with E-state index in [2.05, 4.69) is 4.74 Å². The molecule has 0 aromatic heterocycles. The maximum absolute atomic E-state index is 11.1. The number of rotatable bonds is 8. The third kappa shape index (κ3) is 7.84. The molecule has 0 aliphatic rings. The molecule has 0 bridgehead atoms. The molecule has 0 aromatic rings. The highest BCUT2D eigenvalue weighted by Gasteiger charge is 2.18. The highest BCUT2D eigenvalue weighted by Crippen LogP contribution is 2.02. The van der Waals surface area contributed by atoms with Crippen molar-refractivity contribution in [3.8, 4) is 0 Å². The molecule has 0 unspecified atom stereocenters. The van der Waals surface area contributed by atoms with E-state index in [1.807, 2.05) is 0 Å². The Morgan fingerprint density at radius 3 is 1.42 bits per heavy atom. The molecule has 0 rings (SSSR count). The van der Waals surface area contributed by atoms with E-state index in [0.29, 0.717) is 0 Å². The molecule has 2 atom stereocenters. The summed E-state index contributed by atoms with van der Waals surface area (Å²) < 4.78 is 4.34. The van der Waals surface area contributed by atoms with Crippen LogP contribution in [0, 0.1) is 0 Å². The van der Waals surface area contributed by atoms with Gasteiger partial charge < -0.3 is 26.4 Å². The Morgan fingerprint density at radius 2 is 1.16 bits per heavy atom. The highest BCUT2D eigenvalue weighted by molar-refractivity contribution is 5.86. The monoisotopic (exact) mass is 276 g/mol. The molecule has 0 aromatic carbocycles. The van der Waals surface area contributed by atoms with Gasteiger partial charge in [-0.25, -0.2) is 0 Å². The smallest absolute Gasteiger partial charge is 0.320 e. The van der Waals surface area contributed by atoms with Crippen LogP contribution in [0.2, 0.25) is 0 Å². The molecule has 0 amide bonds. The van der Waals surface area contributed by atoms with Crippen molar-refractivity contribution in [3.05, 3.63) is 0 Å². The van der Waals surface area contributed by atoms with Crippen molar-refractivity contribution in [2.24, 2.45) is 11.5 Å². The third-order valence-corrected chi connectivity index (χ3v) is 2.18. The summed E-state index contributed by atoms with van der Waals surface area (Å²) in [5, 5.41) is 16.9. The van der Waals surface area contributed by atoms with Gasteiger partial charge in [-0.2, -0.15) is 0 Å². The fourth-order valence-electron chi connectivity index (χ4n) is 1.02. The molecule has 0 spiro atoms. The normalized spacial score (nSPS) is 13.4. The van der Waals surface area contributed by atoms with Crippen molar-refractivity contribution in [2.75, 3.05) is 0 Å². The largest absolute Gasteiger partial charge is 0.480 e. The Kier molecular flexibility index (Phi) is 7.30. The molecule has 0 radical (unpaired) electrons. The number of nitrogens with two attached hydrogens (primary N) is 2. The fourth-order valence-corrected chi connectivity index (χ4v) is 1.02. The fraction of sp³-hybridized carbons (Fsp3) is 0.600. The Hall–Kier alpha value is -2.00. The quantitative estimate of drug-likeness (QED) is 0.302. The van der Waals surface area contributed by atoms with Gasteiger partial charge >= 0.3 is 23.9 Å². The first-order valence-corrected chi connectivity index (χ1v) is 5.44. The number of carboxylic acid groups (broad SMARTS) is 2. The molecular weight excluding hydrogens is 260 g/mol. The van der Waals surface area contributed by atoms with E-state index >= 15 is 0 Å². The minimum Gasteiger partial charge on any atom is -0.480 e. The highest BCUT2D eigenvalue weighted by atomic mass is 16.6. The first kappa shape index (κ1) is 17.0. The summed E-state index contributed by atoms with van der Waals surface area (Å²) in [5.74, 6) is -4.34. The topological polar surface area (TPSA) is 170 Å². The van der Waals surface area contributed by atoms with Gasteiger partial charge in [-0.3, -0.25) is 19.2 Å². The Morgan fingerprint density at radius 1 is 0.842 bits per heavy atom. The first-order valence-electron chi connectivity index (χ1n) is 5.44. The van der Waals surface area contributed by atoms with E-state index in [4.69, 9.17) is 21.7 Å². The van der Waals surface area contributed by atoms with Crippen LogP contribution in [0.4, 0.5) is 0 Å². The van der Waals surface area contributed by atoms with Crippen LogP contribution in [0.1, 0.15) is 25.7 Å². The number of carbonyl (C=O) groups is 4. The molecule has 0 saturated carbocycles. The number of hydrogen-bond acceptors (Lipinski definition) is 7. The number of esters is 2. The zero-order valence-electron chi connectivity index (χ0n) is 10.1. The summed E-state index contributed by atoms with van der Waals surface area (Å²) in [6.45, 7) is 0. The Balaban J connectivity index is 3.90. The molecule has 0 aliphatic carbocycles. The molecular formula is C10H16N2O7. The minimum absolute atomic E-state index is 0.157. The van der Waals surface area contributed by atoms with E-state index in [0.717, 1.165) is 0 Å². The van der Waals surface area contributed by atoms with Crippen molar-refractivity contribution >= 4 is 23.9 Å². The summed E-state index contributed by atoms with van der Waals surface area (Å²) in [7, 11) is 0. The van der Waals surface area contributed by atoms with Crippen LogP contribution in [-0.4, -0.2) is 46.2 Å². The second kappa shape index (κ2) is 8.16. The molecule has 9 heteroatoms. The van der Waals surface area contributed by atoms with Gasteiger partial charge in [0.1, 0.15) is 12.1 Å². The van der Waals surface area contributed by atoms with Gasteiger partial charge in [0, 0.05) is 12.8 Å². The van der Waals surface area contributed by atoms with Crippen LogP contribution in [0.5, 0.6) is 0 Å². The number of hydrogen-bond donors (Lipinski definition) is 4. The van der Waals surface area contributed by atoms with Gasteiger partial charge in [-0.15, -0.1) is 0 Å². The second-order valence-corrected chi connectivity index (χ2v) is 3.81. The molecule has 6 N–H and O–H groups in total. The van der Waals surface area contributed by atoms with Crippen LogP contribution in [0.25, 0.3) is 0 Å². The minimum atomic E-state index is -1.26. The molecule has 0 fully saturated rings. The molecule has 9 nitrogen and oxygen atoms in total. The first-order chi connectivity index (χ1) is 8.73. The van der Waals surface area contributed by atoms with Gasteiger partial charge in [0.25, 0.3) is 0 Å². The third-order valence-electron chi connectivity index (χ3n) is 2.18. The number of carbonyl (C=O) groups excluding carboxylic acids is 2. The molecule has 0 aliphatic heterocycles. The van der Waals surface area contributed by atoms with Gasteiger partial charge in [0.15, 0.2) is 0 Å². The number of carboxylic acids is 2. The summed E-state index contributed by atoms with van der Waals surface area (Å²) in [4.78, 5) is 43.0. The Bertz CT molecular complexity index is 335. The standard InChI is InChI=1S/C10H16N2O7/c11-5(9(15)16)1-3-7(13)19-8(14)4-2-6(12)10(17)18/h5-6H,1-4,11-12H2,(H,15,16)(H,17,18)/t5-,6-/m0/s1.